The molecule has 0 bridgehead atoms. The van der Waals surface area contributed by atoms with Crippen LogP contribution in [0.4, 0.5) is 21.9 Å². The Morgan fingerprint density at radius 1 is 0.914 bits per heavy atom. The normalized spacial score (nSPS) is 12.9. The molecule has 3 aromatic rings. The molecule has 0 atom stereocenters. The van der Waals surface area contributed by atoms with Crippen LogP contribution in [0.2, 0.25) is 0 Å². The number of nitrogens with zero attached hydrogens (tertiary/aromatic N) is 1. The number of urea groups is 1. The number of hydrogen-bond donors (Lipinski definition) is 2. The monoisotopic (exact) mass is 497 g/mol. The molecule has 1 heterocycles. The molecule has 0 fully saturated rings. The van der Waals surface area contributed by atoms with E-state index in [1.165, 1.54) is 37.8 Å². The molecule has 10 heteroatoms. The quantitative estimate of drug-likeness (QED) is 0.498. The second-order valence-electron chi connectivity index (χ2n) is 7.82. The zero-order chi connectivity index (χ0) is 25.0. The van der Waals surface area contributed by atoms with E-state index in [2.05, 4.69) is 10.6 Å². The molecule has 4 rings (SSSR count). The number of methoxy groups -OCH3 is 3. The summed E-state index contributed by atoms with van der Waals surface area (Å²) in [6.45, 7) is 0.379. The number of benzene rings is 3. The van der Waals surface area contributed by atoms with E-state index in [0.717, 1.165) is 5.56 Å². The fourth-order valence-electron chi connectivity index (χ4n) is 4.04. The number of anilines is 3. The van der Waals surface area contributed by atoms with Crippen LogP contribution < -0.4 is 29.1 Å². The first-order valence-corrected chi connectivity index (χ1v) is 12.4. The standard InChI is InChI=1S/C25H27N3O6S/c1-32-19-10-12-20(13-11-19)35(30,31)28-15-5-6-17-16-18(9-14-22(17)28)26-25(29)27-21-7-4-8-23(33-2)24(21)34-3/h4,7-14,16H,5-6,15H2,1-3H3,(H2,26,27,29). The highest BCUT2D eigenvalue weighted by molar-refractivity contribution is 7.92. The number of carbonyl (C=O) groups is 1. The summed E-state index contributed by atoms with van der Waals surface area (Å²) in [7, 11) is 0.809. The molecule has 0 saturated heterocycles. The largest absolute Gasteiger partial charge is 0.497 e. The lowest BCUT2D eigenvalue weighted by molar-refractivity contribution is 0.262. The zero-order valence-corrected chi connectivity index (χ0v) is 20.5. The Morgan fingerprint density at radius 2 is 1.69 bits per heavy atom. The van der Waals surface area contributed by atoms with E-state index in [0.29, 0.717) is 53.7 Å². The van der Waals surface area contributed by atoms with Crippen LogP contribution in [-0.2, 0) is 16.4 Å². The van der Waals surface area contributed by atoms with Crippen molar-refractivity contribution >= 4 is 33.1 Å². The summed E-state index contributed by atoms with van der Waals surface area (Å²) in [6.07, 6.45) is 1.36. The molecule has 0 saturated carbocycles. The van der Waals surface area contributed by atoms with Gasteiger partial charge in [-0.3, -0.25) is 4.31 Å². The molecule has 184 valence electrons. The highest BCUT2D eigenvalue weighted by Crippen LogP contribution is 2.36. The number of nitrogens with one attached hydrogen (secondary N) is 2. The predicted octanol–water partition coefficient (Wildman–Crippen LogP) is 4.50. The van der Waals surface area contributed by atoms with Crippen LogP contribution in [0, 0.1) is 0 Å². The third-order valence-electron chi connectivity index (χ3n) is 5.71. The van der Waals surface area contributed by atoms with Crippen molar-refractivity contribution in [2.45, 2.75) is 17.7 Å². The summed E-state index contributed by atoms with van der Waals surface area (Å²) in [5.74, 6) is 1.50. The van der Waals surface area contributed by atoms with Gasteiger partial charge in [0.05, 0.1) is 37.6 Å². The van der Waals surface area contributed by atoms with Crippen molar-refractivity contribution in [1.82, 2.24) is 0 Å². The van der Waals surface area contributed by atoms with Gasteiger partial charge in [0, 0.05) is 12.2 Å². The summed E-state index contributed by atoms with van der Waals surface area (Å²) in [4.78, 5) is 12.8. The summed E-state index contributed by atoms with van der Waals surface area (Å²) in [5.41, 5.74) is 2.45. The molecule has 0 aliphatic carbocycles. The minimum atomic E-state index is -3.74. The molecular formula is C25H27N3O6S. The summed E-state index contributed by atoms with van der Waals surface area (Å²) >= 11 is 0. The molecule has 0 aromatic heterocycles. The Morgan fingerprint density at radius 3 is 2.37 bits per heavy atom. The van der Waals surface area contributed by atoms with Crippen molar-refractivity contribution in [3.63, 3.8) is 0 Å². The third kappa shape index (κ3) is 4.97. The van der Waals surface area contributed by atoms with Crippen LogP contribution in [-0.4, -0.2) is 42.3 Å². The van der Waals surface area contributed by atoms with Gasteiger partial charge in [0.25, 0.3) is 10.0 Å². The molecule has 0 radical (unpaired) electrons. The minimum absolute atomic E-state index is 0.194. The van der Waals surface area contributed by atoms with Gasteiger partial charge in [-0.25, -0.2) is 13.2 Å². The molecule has 0 spiro atoms. The maximum Gasteiger partial charge on any atom is 0.323 e. The van der Waals surface area contributed by atoms with Gasteiger partial charge in [-0.05, 0) is 73.0 Å². The first-order chi connectivity index (χ1) is 16.9. The first-order valence-electron chi connectivity index (χ1n) is 11.0. The van der Waals surface area contributed by atoms with Crippen LogP contribution in [0.1, 0.15) is 12.0 Å². The van der Waals surface area contributed by atoms with Gasteiger partial charge in [-0.15, -0.1) is 0 Å². The van der Waals surface area contributed by atoms with Gasteiger partial charge in [-0.2, -0.15) is 0 Å². The molecule has 1 aliphatic heterocycles. The lowest BCUT2D eigenvalue weighted by Crippen LogP contribution is -2.35. The Kier molecular flexibility index (Phi) is 7.02. The second-order valence-corrected chi connectivity index (χ2v) is 9.68. The van der Waals surface area contributed by atoms with Gasteiger partial charge < -0.3 is 24.8 Å². The molecule has 0 unspecified atom stereocenters. The minimum Gasteiger partial charge on any atom is -0.497 e. The number of carbonyl (C=O) groups excluding carboxylic acids is 1. The van der Waals surface area contributed by atoms with Crippen LogP contribution in [0.5, 0.6) is 17.2 Å². The number of ether oxygens (including phenoxy) is 3. The van der Waals surface area contributed by atoms with Crippen LogP contribution >= 0.6 is 0 Å². The van der Waals surface area contributed by atoms with Crippen molar-refractivity contribution in [3.8, 4) is 17.2 Å². The van der Waals surface area contributed by atoms with E-state index in [4.69, 9.17) is 14.2 Å². The molecule has 3 aromatic carbocycles. The summed E-state index contributed by atoms with van der Waals surface area (Å²) < 4.78 is 43.8. The number of aryl methyl sites for hydroxylation is 1. The predicted molar refractivity (Wildman–Crippen MR) is 134 cm³/mol. The van der Waals surface area contributed by atoms with Crippen molar-refractivity contribution < 1.29 is 27.4 Å². The lowest BCUT2D eigenvalue weighted by atomic mass is 10.0. The Labute approximate surface area is 204 Å². The summed E-state index contributed by atoms with van der Waals surface area (Å²) in [5, 5.41) is 5.56. The smallest absolute Gasteiger partial charge is 0.323 e. The van der Waals surface area contributed by atoms with E-state index >= 15 is 0 Å². The fourth-order valence-corrected chi connectivity index (χ4v) is 5.58. The maximum absolute atomic E-state index is 13.3. The SMILES string of the molecule is COc1ccc(S(=O)(=O)N2CCCc3cc(NC(=O)Nc4cccc(OC)c4OC)ccc32)cc1. The lowest BCUT2D eigenvalue weighted by Gasteiger charge is -2.31. The number of sulfonamides is 1. The van der Waals surface area contributed by atoms with Crippen LogP contribution in [0.15, 0.2) is 65.6 Å². The highest BCUT2D eigenvalue weighted by Gasteiger charge is 2.29. The van der Waals surface area contributed by atoms with Crippen molar-refractivity contribution in [2.75, 3.05) is 42.8 Å². The molecule has 35 heavy (non-hydrogen) atoms. The second kappa shape index (κ2) is 10.1. The van der Waals surface area contributed by atoms with Gasteiger partial charge >= 0.3 is 6.03 Å². The number of para-hydroxylation sites is 1. The number of amides is 2. The van der Waals surface area contributed by atoms with Gasteiger partial charge in [0.15, 0.2) is 11.5 Å². The molecule has 9 nitrogen and oxygen atoms in total. The highest BCUT2D eigenvalue weighted by atomic mass is 32.2. The van der Waals surface area contributed by atoms with E-state index in [9.17, 15) is 13.2 Å². The molecule has 1 aliphatic rings. The van der Waals surface area contributed by atoms with Gasteiger partial charge in [0.2, 0.25) is 0 Å². The Balaban J connectivity index is 1.53. The van der Waals surface area contributed by atoms with Crippen molar-refractivity contribution in [3.05, 3.63) is 66.2 Å². The fraction of sp³-hybridized carbons (Fsp3) is 0.240. The topological polar surface area (TPSA) is 106 Å². The summed E-state index contributed by atoms with van der Waals surface area (Å²) in [6, 6.07) is 16.2. The zero-order valence-electron chi connectivity index (χ0n) is 19.7. The average Bonchev–Trinajstić information content (AvgIpc) is 2.87. The van der Waals surface area contributed by atoms with Crippen LogP contribution in [0.3, 0.4) is 0 Å². The average molecular weight is 498 g/mol. The third-order valence-corrected chi connectivity index (χ3v) is 7.54. The van der Waals surface area contributed by atoms with Crippen molar-refractivity contribution in [2.24, 2.45) is 0 Å². The molecular weight excluding hydrogens is 470 g/mol. The van der Waals surface area contributed by atoms with Crippen molar-refractivity contribution in [1.29, 1.82) is 0 Å². The van der Waals surface area contributed by atoms with E-state index in [1.54, 1.807) is 48.5 Å². The molecule has 2 amide bonds. The number of rotatable bonds is 7. The van der Waals surface area contributed by atoms with E-state index < -0.39 is 16.1 Å². The number of fused-ring (bicyclic) bond motifs is 1. The van der Waals surface area contributed by atoms with E-state index in [-0.39, 0.29) is 4.90 Å². The van der Waals surface area contributed by atoms with Crippen LogP contribution in [0.25, 0.3) is 0 Å². The Bertz CT molecular complexity index is 1330. The Hall–Kier alpha value is -3.92. The van der Waals surface area contributed by atoms with Gasteiger partial charge in [0.1, 0.15) is 5.75 Å². The maximum atomic E-state index is 13.3. The molecule has 2 N–H and O–H groups in total. The first kappa shape index (κ1) is 24.2. The number of hydrogen-bond acceptors (Lipinski definition) is 6. The van der Waals surface area contributed by atoms with E-state index in [1.807, 2.05) is 0 Å². The van der Waals surface area contributed by atoms with Gasteiger partial charge in [-0.1, -0.05) is 6.07 Å².